The molecule has 0 saturated carbocycles. The van der Waals surface area contributed by atoms with Gasteiger partial charge in [0.2, 0.25) is 0 Å². The lowest BCUT2D eigenvalue weighted by Crippen LogP contribution is -2.21. The average molecular weight is 278 g/mol. The van der Waals surface area contributed by atoms with Gasteiger partial charge in [-0.15, -0.1) is 11.3 Å². The first kappa shape index (κ1) is 11.8. The van der Waals surface area contributed by atoms with Crippen LogP contribution in [0.5, 0.6) is 0 Å². The Hall–Kier alpha value is -0.230. The Labute approximate surface area is 95.3 Å². The Kier molecular flexibility index (Phi) is 5.32. The van der Waals surface area contributed by atoms with E-state index < -0.39 is 0 Å². The largest absolute Gasteiger partial charge is 0.395 e. The van der Waals surface area contributed by atoms with Crippen LogP contribution < -0.4 is 5.32 Å². The second kappa shape index (κ2) is 6.29. The molecule has 0 atom stereocenters. The lowest BCUT2D eigenvalue weighted by molar-refractivity contribution is 0.0986. The summed E-state index contributed by atoms with van der Waals surface area (Å²) in [5, 5.41) is 11.5. The van der Waals surface area contributed by atoms with E-state index in [4.69, 9.17) is 5.11 Å². The van der Waals surface area contributed by atoms with Crippen molar-refractivity contribution in [3.63, 3.8) is 0 Å². The molecule has 5 heteroatoms. The van der Waals surface area contributed by atoms with Crippen LogP contribution in [0, 0.1) is 0 Å². The summed E-state index contributed by atoms with van der Waals surface area (Å²) in [6.07, 6.45) is 0.479. The summed E-state index contributed by atoms with van der Waals surface area (Å²) in [4.78, 5) is 12.3. The number of carbonyl (C=O) groups is 1. The second-order valence-electron chi connectivity index (χ2n) is 2.75. The van der Waals surface area contributed by atoms with Crippen molar-refractivity contribution in [3.05, 3.63) is 20.8 Å². The number of aliphatic hydroxyl groups excluding tert-OH is 1. The lowest BCUT2D eigenvalue weighted by Gasteiger charge is -2.00. The van der Waals surface area contributed by atoms with Crippen LogP contribution in [0.15, 0.2) is 15.9 Å². The van der Waals surface area contributed by atoms with E-state index in [9.17, 15) is 4.79 Å². The first-order valence-corrected chi connectivity index (χ1v) is 5.95. The van der Waals surface area contributed by atoms with E-state index in [0.717, 1.165) is 8.66 Å². The van der Waals surface area contributed by atoms with Crippen LogP contribution in [0.3, 0.4) is 0 Å². The van der Waals surface area contributed by atoms with Gasteiger partial charge < -0.3 is 10.4 Å². The molecule has 14 heavy (non-hydrogen) atoms. The predicted octanol–water partition coefficient (Wildman–Crippen LogP) is 1.67. The maximum absolute atomic E-state index is 11.5. The van der Waals surface area contributed by atoms with Crippen LogP contribution in [0.1, 0.15) is 16.1 Å². The third-order valence-corrected chi connectivity index (χ3v) is 3.33. The highest BCUT2D eigenvalue weighted by Gasteiger charge is 2.07. The molecule has 0 saturated heterocycles. The molecular formula is C9H12BrNO2S. The quantitative estimate of drug-likeness (QED) is 0.614. The highest BCUT2D eigenvalue weighted by molar-refractivity contribution is 9.11. The maximum atomic E-state index is 11.5. The minimum absolute atomic E-state index is 0.110. The third-order valence-electron chi connectivity index (χ3n) is 1.67. The molecule has 0 aliphatic heterocycles. The SMILES string of the molecule is O=C(CCNCCO)c1ccc(Br)s1. The van der Waals surface area contributed by atoms with Crippen LogP contribution in [0.2, 0.25) is 0 Å². The number of hydrogen-bond donors (Lipinski definition) is 2. The molecule has 0 radical (unpaired) electrons. The summed E-state index contributed by atoms with van der Waals surface area (Å²) < 4.78 is 0.976. The lowest BCUT2D eigenvalue weighted by atomic mass is 10.2. The number of halogens is 1. The zero-order valence-electron chi connectivity index (χ0n) is 7.62. The number of hydrogen-bond acceptors (Lipinski definition) is 4. The average Bonchev–Trinajstić information content (AvgIpc) is 2.59. The first-order valence-electron chi connectivity index (χ1n) is 4.34. The summed E-state index contributed by atoms with van der Waals surface area (Å²) in [5.41, 5.74) is 0. The molecule has 2 N–H and O–H groups in total. The van der Waals surface area contributed by atoms with E-state index in [2.05, 4.69) is 21.2 Å². The molecule has 1 aromatic rings. The van der Waals surface area contributed by atoms with Crippen molar-refractivity contribution in [1.82, 2.24) is 5.32 Å². The van der Waals surface area contributed by atoms with Crippen LogP contribution >= 0.6 is 27.3 Å². The van der Waals surface area contributed by atoms with Crippen molar-refractivity contribution in [3.8, 4) is 0 Å². The van der Waals surface area contributed by atoms with Crippen molar-refractivity contribution >= 4 is 33.0 Å². The van der Waals surface area contributed by atoms with Gasteiger partial charge in [0.05, 0.1) is 15.3 Å². The standard InChI is InChI=1S/C9H12BrNO2S/c10-9-2-1-8(14-9)7(13)3-4-11-5-6-12/h1-2,11-12H,3-6H2. The number of ketones is 1. The predicted molar refractivity (Wildman–Crippen MR) is 60.9 cm³/mol. The minimum Gasteiger partial charge on any atom is -0.395 e. The fourth-order valence-electron chi connectivity index (χ4n) is 0.993. The molecule has 1 aromatic heterocycles. The third kappa shape index (κ3) is 3.88. The van der Waals surface area contributed by atoms with Crippen molar-refractivity contribution in [1.29, 1.82) is 0 Å². The molecule has 1 rings (SSSR count). The summed E-state index contributed by atoms with van der Waals surface area (Å²) in [6, 6.07) is 3.70. The molecular weight excluding hydrogens is 266 g/mol. The molecule has 1 heterocycles. The molecule has 78 valence electrons. The Balaban J connectivity index is 2.29. The summed E-state index contributed by atoms with van der Waals surface area (Å²) >= 11 is 4.76. The number of Topliss-reactive ketones (excluding diaryl/α,β-unsaturated/α-hetero) is 1. The van der Waals surface area contributed by atoms with E-state index in [0.29, 0.717) is 19.5 Å². The fourth-order valence-corrected chi connectivity index (χ4v) is 2.35. The number of thiophene rings is 1. The van der Waals surface area contributed by atoms with Gasteiger partial charge in [0.1, 0.15) is 0 Å². The fraction of sp³-hybridized carbons (Fsp3) is 0.444. The first-order chi connectivity index (χ1) is 6.74. The molecule has 0 bridgehead atoms. The molecule has 0 amide bonds. The topological polar surface area (TPSA) is 49.3 Å². The number of nitrogens with one attached hydrogen (secondary N) is 1. The van der Waals surface area contributed by atoms with Gasteiger partial charge in [0.15, 0.2) is 5.78 Å². The van der Waals surface area contributed by atoms with Gasteiger partial charge in [0, 0.05) is 19.5 Å². The highest BCUT2D eigenvalue weighted by atomic mass is 79.9. The van der Waals surface area contributed by atoms with E-state index >= 15 is 0 Å². The Morgan fingerprint density at radius 3 is 2.86 bits per heavy atom. The molecule has 0 fully saturated rings. The van der Waals surface area contributed by atoms with Crippen LogP contribution in [-0.4, -0.2) is 30.6 Å². The van der Waals surface area contributed by atoms with E-state index in [-0.39, 0.29) is 12.4 Å². The summed E-state index contributed by atoms with van der Waals surface area (Å²) in [5.74, 6) is 0.145. The van der Waals surface area contributed by atoms with Crippen molar-refractivity contribution in [2.24, 2.45) is 0 Å². The molecule has 0 spiro atoms. The minimum atomic E-state index is 0.110. The van der Waals surface area contributed by atoms with E-state index in [1.807, 2.05) is 12.1 Å². The van der Waals surface area contributed by atoms with Gasteiger partial charge in [-0.25, -0.2) is 0 Å². The summed E-state index contributed by atoms with van der Waals surface area (Å²) in [6.45, 7) is 1.27. The number of carbonyl (C=O) groups excluding carboxylic acids is 1. The Morgan fingerprint density at radius 2 is 2.29 bits per heavy atom. The monoisotopic (exact) mass is 277 g/mol. The van der Waals surface area contributed by atoms with Gasteiger partial charge >= 0.3 is 0 Å². The molecule has 0 unspecified atom stereocenters. The molecule has 3 nitrogen and oxygen atoms in total. The number of rotatable bonds is 6. The smallest absolute Gasteiger partial charge is 0.174 e. The van der Waals surface area contributed by atoms with Gasteiger partial charge in [-0.3, -0.25) is 4.79 Å². The van der Waals surface area contributed by atoms with E-state index in [1.54, 1.807) is 0 Å². The normalized spacial score (nSPS) is 10.4. The highest BCUT2D eigenvalue weighted by Crippen LogP contribution is 2.22. The van der Waals surface area contributed by atoms with Gasteiger partial charge in [0.25, 0.3) is 0 Å². The number of aliphatic hydroxyl groups is 1. The second-order valence-corrected chi connectivity index (χ2v) is 5.21. The van der Waals surface area contributed by atoms with Gasteiger partial charge in [-0.05, 0) is 28.1 Å². The van der Waals surface area contributed by atoms with Gasteiger partial charge in [-0.1, -0.05) is 0 Å². The van der Waals surface area contributed by atoms with E-state index in [1.165, 1.54) is 11.3 Å². The Morgan fingerprint density at radius 1 is 1.50 bits per heavy atom. The van der Waals surface area contributed by atoms with Gasteiger partial charge in [-0.2, -0.15) is 0 Å². The van der Waals surface area contributed by atoms with Crippen LogP contribution in [-0.2, 0) is 0 Å². The van der Waals surface area contributed by atoms with Crippen LogP contribution in [0.4, 0.5) is 0 Å². The zero-order valence-corrected chi connectivity index (χ0v) is 10.0. The summed E-state index contributed by atoms with van der Waals surface area (Å²) in [7, 11) is 0. The van der Waals surface area contributed by atoms with Crippen molar-refractivity contribution in [2.75, 3.05) is 19.7 Å². The maximum Gasteiger partial charge on any atom is 0.174 e. The molecule has 0 aromatic carbocycles. The Bertz CT molecular complexity index is 301. The molecule has 0 aliphatic rings. The van der Waals surface area contributed by atoms with Crippen molar-refractivity contribution < 1.29 is 9.90 Å². The van der Waals surface area contributed by atoms with Crippen molar-refractivity contribution in [2.45, 2.75) is 6.42 Å². The molecule has 0 aliphatic carbocycles. The van der Waals surface area contributed by atoms with Crippen LogP contribution in [0.25, 0.3) is 0 Å². The zero-order chi connectivity index (χ0) is 10.4.